The third-order valence-electron chi connectivity index (χ3n) is 2.05. The lowest BCUT2D eigenvalue weighted by Crippen LogP contribution is -2.39. The van der Waals surface area contributed by atoms with Crippen molar-refractivity contribution in [1.82, 2.24) is 4.90 Å². The molecule has 1 aliphatic rings. The molecule has 1 unspecified atom stereocenters. The van der Waals surface area contributed by atoms with Gasteiger partial charge in [0.05, 0.1) is 12.2 Å². The first kappa shape index (κ1) is 13.9. The normalized spacial score (nSPS) is 21.7. The van der Waals surface area contributed by atoms with Gasteiger partial charge in [0.2, 0.25) is 0 Å². The summed E-state index contributed by atoms with van der Waals surface area (Å²) < 4.78 is 0. The molecule has 1 heterocycles. The maximum atomic E-state index is 9.31. The Hall–Kier alpha value is -0.120. The van der Waals surface area contributed by atoms with Crippen LogP contribution in [0, 0.1) is 11.3 Å². The number of aliphatic hydroxyl groups excluding tert-OH is 1. The van der Waals surface area contributed by atoms with Crippen LogP contribution in [0.3, 0.4) is 0 Å². The van der Waals surface area contributed by atoms with Gasteiger partial charge in [-0.15, -0.1) is 0 Å². The second-order valence-corrected chi connectivity index (χ2v) is 3.25. The molecular weight excluding hydrogens is 291 g/mol. The van der Waals surface area contributed by atoms with Gasteiger partial charge >= 0.3 is 0 Å². The fourth-order valence-electron chi connectivity index (χ4n) is 1.48. The zero-order valence-electron chi connectivity index (χ0n) is 8.54. The van der Waals surface area contributed by atoms with Crippen molar-refractivity contribution < 1.29 is 5.11 Å². The molecule has 0 aliphatic carbocycles. The monoisotopic (exact) mass is 308 g/mol. The van der Waals surface area contributed by atoms with Gasteiger partial charge in [-0.3, -0.25) is 4.90 Å². The van der Waals surface area contributed by atoms with E-state index in [1.54, 1.807) is 0 Å². The molecule has 1 rings (SSSR count). The summed E-state index contributed by atoms with van der Waals surface area (Å²) in [7, 11) is 0. The summed E-state index contributed by atoms with van der Waals surface area (Å²) in [5.74, 6) is 0. The number of alkyl halides is 1. The largest absolute Gasteiger partial charge is 0.392 e. The number of nitrogens with zero attached hydrogens (tertiary/aromatic N) is 2. The molecule has 0 spiro atoms. The molecule has 3 nitrogen and oxygen atoms in total. The van der Waals surface area contributed by atoms with E-state index in [9.17, 15) is 5.11 Å². The second-order valence-electron chi connectivity index (χ2n) is 3.25. The zero-order chi connectivity index (χ0) is 11.0. The van der Waals surface area contributed by atoms with Crippen molar-refractivity contribution in [2.45, 2.75) is 18.9 Å². The number of aliphatic hydroxyl groups is 1. The van der Waals surface area contributed by atoms with Crippen LogP contribution in [0.25, 0.3) is 0 Å². The van der Waals surface area contributed by atoms with E-state index in [0.29, 0.717) is 18.7 Å². The molecule has 14 heavy (non-hydrogen) atoms. The zero-order valence-corrected chi connectivity index (χ0v) is 10.7. The highest BCUT2D eigenvalue weighted by Crippen LogP contribution is 2.10. The Kier molecular flexibility index (Phi) is 8.14. The topological polar surface area (TPSA) is 47.3 Å². The first-order chi connectivity index (χ1) is 6.72. The Balaban J connectivity index is 0.000000791. The molecule has 1 saturated heterocycles. The van der Waals surface area contributed by atoms with Crippen molar-refractivity contribution in [2.24, 2.45) is 0 Å². The highest BCUT2D eigenvalue weighted by Gasteiger charge is 2.17. The smallest absolute Gasteiger partial charge is 0.0954 e. The minimum atomic E-state index is -0.217. The third kappa shape index (κ3) is 5.58. The van der Waals surface area contributed by atoms with Crippen molar-refractivity contribution in [2.75, 3.05) is 24.6 Å². The van der Waals surface area contributed by atoms with Crippen LogP contribution in [0.4, 0.5) is 0 Å². The quantitative estimate of drug-likeness (QED) is 0.478. The molecule has 0 aromatic rings. The molecule has 0 saturated carbocycles. The molecule has 1 N–H and O–H groups in total. The van der Waals surface area contributed by atoms with Crippen LogP contribution in [-0.2, 0) is 0 Å². The van der Waals surface area contributed by atoms with Gasteiger partial charge in [0, 0.05) is 18.7 Å². The highest BCUT2D eigenvalue weighted by atomic mass is 127. The SMILES string of the molecule is C=C(C#N)CN1CCCC(O)C1.CI. The molecule has 4 heteroatoms. The van der Waals surface area contributed by atoms with Gasteiger partial charge in [0.15, 0.2) is 0 Å². The standard InChI is InChI=1S/C9H14N2O.CH3I/c1-8(5-10)6-11-4-2-3-9(12)7-11;1-2/h9,12H,1-4,6-7H2;1H3. The minimum absolute atomic E-state index is 0.217. The molecule has 0 aromatic carbocycles. The maximum absolute atomic E-state index is 9.31. The Morgan fingerprint density at radius 1 is 1.71 bits per heavy atom. The van der Waals surface area contributed by atoms with Gasteiger partial charge in [0.1, 0.15) is 0 Å². The van der Waals surface area contributed by atoms with Gasteiger partial charge in [-0.1, -0.05) is 29.2 Å². The Morgan fingerprint density at radius 2 is 2.36 bits per heavy atom. The van der Waals surface area contributed by atoms with Crippen LogP contribution in [0.15, 0.2) is 12.2 Å². The van der Waals surface area contributed by atoms with E-state index in [2.05, 4.69) is 34.1 Å². The number of hydrogen-bond donors (Lipinski definition) is 1. The fraction of sp³-hybridized carbons (Fsp3) is 0.700. The van der Waals surface area contributed by atoms with Crippen molar-refractivity contribution in [1.29, 1.82) is 5.26 Å². The third-order valence-corrected chi connectivity index (χ3v) is 2.05. The van der Waals surface area contributed by atoms with Crippen molar-refractivity contribution >= 4 is 22.6 Å². The summed E-state index contributed by atoms with van der Waals surface area (Å²) >= 11 is 2.15. The van der Waals surface area contributed by atoms with E-state index in [1.165, 1.54) is 0 Å². The number of β-amino-alcohol motifs (C(OH)–C–C–N with tert-alkyl or cyclic N) is 1. The predicted octanol–water partition coefficient (Wildman–Crippen LogP) is 1.57. The number of hydrogen-bond acceptors (Lipinski definition) is 3. The highest BCUT2D eigenvalue weighted by molar-refractivity contribution is 14.1. The van der Waals surface area contributed by atoms with E-state index >= 15 is 0 Å². The maximum Gasteiger partial charge on any atom is 0.0954 e. The Bertz CT molecular complexity index is 213. The summed E-state index contributed by atoms with van der Waals surface area (Å²) in [5.41, 5.74) is 0.573. The first-order valence-electron chi connectivity index (χ1n) is 4.58. The molecular formula is C10H17IN2O. The number of rotatable bonds is 2. The van der Waals surface area contributed by atoms with Crippen LogP contribution in [0.5, 0.6) is 0 Å². The number of likely N-dealkylation sites (tertiary alicyclic amines) is 1. The van der Waals surface area contributed by atoms with E-state index in [-0.39, 0.29) is 6.10 Å². The number of piperidine rings is 1. The first-order valence-corrected chi connectivity index (χ1v) is 6.74. The van der Waals surface area contributed by atoms with Gasteiger partial charge in [-0.2, -0.15) is 5.26 Å². The van der Waals surface area contributed by atoms with E-state index < -0.39 is 0 Å². The van der Waals surface area contributed by atoms with Gasteiger partial charge < -0.3 is 5.11 Å². The van der Waals surface area contributed by atoms with E-state index in [1.807, 2.05) is 11.0 Å². The van der Waals surface area contributed by atoms with Crippen LogP contribution in [0.1, 0.15) is 12.8 Å². The van der Waals surface area contributed by atoms with Gasteiger partial charge in [-0.25, -0.2) is 0 Å². The summed E-state index contributed by atoms with van der Waals surface area (Å²) in [6, 6.07) is 2.01. The summed E-state index contributed by atoms with van der Waals surface area (Å²) in [6.45, 7) is 5.86. The van der Waals surface area contributed by atoms with Crippen molar-refractivity contribution in [3.63, 3.8) is 0 Å². The number of nitriles is 1. The molecule has 0 bridgehead atoms. The van der Waals surface area contributed by atoms with Crippen molar-refractivity contribution in [3.8, 4) is 6.07 Å². The lowest BCUT2D eigenvalue weighted by Gasteiger charge is -2.29. The van der Waals surface area contributed by atoms with Crippen LogP contribution in [-0.4, -0.2) is 40.7 Å². The van der Waals surface area contributed by atoms with Crippen molar-refractivity contribution in [3.05, 3.63) is 12.2 Å². The van der Waals surface area contributed by atoms with Crippen LogP contribution in [0.2, 0.25) is 0 Å². The lowest BCUT2D eigenvalue weighted by atomic mass is 10.1. The molecule has 0 amide bonds. The average molecular weight is 308 g/mol. The van der Waals surface area contributed by atoms with Crippen LogP contribution >= 0.6 is 22.6 Å². The summed E-state index contributed by atoms with van der Waals surface area (Å²) in [5, 5.41) is 17.8. The summed E-state index contributed by atoms with van der Waals surface area (Å²) in [6.07, 6.45) is 1.68. The van der Waals surface area contributed by atoms with Gasteiger partial charge in [-0.05, 0) is 24.3 Å². The van der Waals surface area contributed by atoms with Crippen LogP contribution < -0.4 is 0 Å². The molecule has 1 fully saturated rings. The molecule has 1 atom stereocenters. The van der Waals surface area contributed by atoms with Gasteiger partial charge in [0.25, 0.3) is 0 Å². The average Bonchev–Trinajstić information content (AvgIpc) is 2.21. The van der Waals surface area contributed by atoms with E-state index in [0.717, 1.165) is 19.4 Å². The molecule has 80 valence electrons. The molecule has 0 radical (unpaired) electrons. The predicted molar refractivity (Wildman–Crippen MR) is 66.4 cm³/mol. The molecule has 0 aromatic heterocycles. The Labute approximate surface area is 99.5 Å². The van der Waals surface area contributed by atoms with E-state index in [4.69, 9.17) is 5.26 Å². The number of halogens is 1. The fourth-order valence-corrected chi connectivity index (χ4v) is 1.48. The molecule has 1 aliphatic heterocycles. The second kappa shape index (κ2) is 8.21. The minimum Gasteiger partial charge on any atom is -0.392 e. The summed E-state index contributed by atoms with van der Waals surface area (Å²) in [4.78, 5) is 4.04. The Morgan fingerprint density at radius 3 is 2.86 bits per heavy atom. The lowest BCUT2D eigenvalue weighted by molar-refractivity contribution is 0.0763.